The van der Waals surface area contributed by atoms with E-state index in [2.05, 4.69) is 65.4 Å². The average molecular weight is 269 g/mol. The van der Waals surface area contributed by atoms with Crippen LogP contribution in [-0.2, 0) is 6.54 Å². The van der Waals surface area contributed by atoms with Crippen LogP contribution in [-0.4, -0.2) is 24.2 Å². The third kappa shape index (κ3) is 2.65. The van der Waals surface area contributed by atoms with Crippen LogP contribution >= 0.6 is 0 Å². The molecule has 2 heterocycles. The van der Waals surface area contributed by atoms with Crippen LogP contribution in [0.15, 0.2) is 36.4 Å². The third-order valence-electron chi connectivity index (χ3n) is 4.21. The second-order valence-electron chi connectivity index (χ2n) is 5.61. The van der Waals surface area contributed by atoms with Gasteiger partial charge < -0.3 is 15.2 Å². The zero-order chi connectivity index (χ0) is 13.9. The summed E-state index contributed by atoms with van der Waals surface area (Å²) < 4.78 is 2.42. The van der Waals surface area contributed by atoms with Crippen molar-refractivity contribution in [1.82, 2.24) is 15.2 Å². The molecule has 2 N–H and O–H groups in total. The van der Waals surface area contributed by atoms with Crippen molar-refractivity contribution in [2.24, 2.45) is 0 Å². The second-order valence-corrected chi connectivity index (χ2v) is 5.61. The molecule has 1 aromatic heterocycles. The zero-order valence-corrected chi connectivity index (χ0v) is 12.3. The van der Waals surface area contributed by atoms with Gasteiger partial charge in [0.1, 0.15) is 0 Å². The van der Waals surface area contributed by atoms with Crippen LogP contribution < -0.4 is 10.6 Å². The second kappa shape index (κ2) is 5.81. The first kappa shape index (κ1) is 13.4. The third-order valence-corrected chi connectivity index (χ3v) is 4.21. The molecule has 1 aliphatic rings. The van der Waals surface area contributed by atoms with Crippen LogP contribution in [0.5, 0.6) is 0 Å². The minimum absolute atomic E-state index is 0.444. The number of benzene rings is 1. The summed E-state index contributed by atoms with van der Waals surface area (Å²) in [5, 5.41) is 7.07. The lowest BCUT2D eigenvalue weighted by Crippen LogP contribution is -2.42. The predicted molar refractivity (Wildman–Crippen MR) is 83.1 cm³/mol. The molecule has 1 aliphatic heterocycles. The maximum atomic E-state index is 3.60. The zero-order valence-electron chi connectivity index (χ0n) is 12.3. The molecule has 0 radical (unpaired) electrons. The first-order valence-corrected chi connectivity index (χ1v) is 7.40. The van der Waals surface area contributed by atoms with Gasteiger partial charge in [0.25, 0.3) is 0 Å². The Morgan fingerprint density at radius 1 is 1.15 bits per heavy atom. The van der Waals surface area contributed by atoms with E-state index < -0.39 is 0 Å². The van der Waals surface area contributed by atoms with Crippen LogP contribution in [0.25, 0.3) is 0 Å². The Morgan fingerprint density at radius 3 is 2.65 bits per heavy atom. The number of piperazine rings is 1. The molecule has 3 nitrogen and oxygen atoms in total. The maximum Gasteiger partial charge on any atom is 0.0475 e. The van der Waals surface area contributed by atoms with Gasteiger partial charge in [0.05, 0.1) is 0 Å². The molecule has 0 amide bonds. The molecule has 0 unspecified atom stereocenters. The summed E-state index contributed by atoms with van der Waals surface area (Å²) >= 11 is 0. The van der Waals surface area contributed by atoms with Crippen molar-refractivity contribution in [3.63, 3.8) is 0 Å². The number of aryl methyl sites for hydroxylation is 1. The summed E-state index contributed by atoms with van der Waals surface area (Å²) in [6.07, 6.45) is 0. The van der Waals surface area contributed by atoms with Gasteiger partial charge in [-0.15, -0.1) is 0 Å². The van der Waals surface area contributed by atoms with Crippen molar-refractivity contribution < 1.29 is 0 Å². The number of nitrogens with one attached hydrogen (secondary N) is 2. The van der Waals surface area contributed by atoms with Crippen molar-refractivity contribution in [1.29, 1.82) is 0 Å². The van der Waals surface area contributed by atoms with Gasteiger partial charge >= 0.3 is 0 Å². The van der Waals surface area contributed by atoms with E-state index in [0.717, 1.165) is 26.2 Å². The number of nitrogens with zero attached hydrogens (tertiary/aromatic N) is 1. The van der Waals surface area contributed by atoms with Gasteiger partial charge in [0.2, 0.25) is 0 Å². The molecular weight excluding hydrogens is 246 g/mol. The number of hydrogen-bond donors (Lipinski definition) is 2. The van der Waals surface area contributed by atoms with Crippen LogP contribution in [0, 0.1) is 13.8 Å². The lowest BCUT2D eigenvalue weighted by molar-refractivity contribution is 0.428. The number of rotatable bonds is 3. The number of hydrogen-bond acceptors (Lipinski definition) is 2. The first-order valence-electron chi connectivity index (χ1n) is 7.40. The maximum absolute atomic E-state index is 3.60. The minimum Gasteiger partial charge on any atom is -0.344 e. The van der Waals surface area contributed by atoms with Gasteiger partial charge in [-0.1, -0.05) is 30.3 Å². The monoisotopic (exact) mass is 269 g/mol. The van der Waals surface area contributed by atoms with Crippen molar-refractivity contribution in [3.8, 4) is 0 Å². The lowest BCUT2D eigenvalue weighted by atomic mass is 10.1. The molecule has 3 rings (SSSR count). The quantitative estimate of drug-likeness (QED) is 0.896. The normalized spacial score (nSPS) is 19.2. The summed E-state index contributed by atoms with van der Waals surface area (Å²) in [6, 6.07) is 13.5. The highest BCUT2D eigenvalue weighted by molar-refractivity contribution is 5.32. The molecule has 20 heavy (non-hydrogen) atoms. The highest BCUT2D eigenvalue weighted by Crippen LogP contribution is 2.23. The Morgan fingerprint density at radius 2 is 1.95 bits per heavy atom. The van der Waals surface area contributed by atoms with E-state index in [1.54, 1.807) is 0 Å². The number of aromatic nitrogens is 1. The van der Waals surface area contributed by atoms with Crippen LogP contribution in [0.4, 0.5) is 0 Å². The summed E-state index contributed by atoms with van der Waals surface area (Å²) in [7, 11) is 0. The van der Waals surface area contributed by atoms with Gasteiger partial charge in [-0.25, -0.2) is 0 Å². The first-order chi connectivity index (χ1) is 9.75. The SMILES string of the molecule is Cc1cc([C@@H]2CNCCN2)c(C)n1Cc1ccccc1. The molecule has 1 atom stereocenters. The van der Waals surface area contributed by atoms with E-state index in [0.29, 0.717) is 6.04 Å². The van der Waals surface area contributed by atoms with E-state index in [1.165, 1.54) is 22.5 Å². The van der Waals surface area contributed by atoms with Crippen molar-refractivity contribution in [2.45, 2.75) is 26.4 Å². The fourth-order valence-electron chi connectivity index (χ4n) is 3.06. The molecule has 0 aliphatic carbocycles. The van der Waals surface area contributed by atoms with Crippen LogP contribution in [0.3, 0.4) is 0 Å². The molecule has 3 heteroatoms. The highest BCUT2D eigenvalue weighted by Gasteiger charge is 2.19. The van der Waals surface area contributed by atoms with Crippen LogP contribution in [0.1, 0.15) is 28.6 Å². The summed E-state index contributed by atoms with van der Waals surface area (Å²) in [5.74, 6) is 0. The molecular formula is C17H23N3. The molecule has 0 spiro atoms. The van der Waals surface area contributed by atoms with Gasteiger partial charge in [-0.2, -0.15) is 0 Å². The molecule has 1 aromatic carbocycles. The van der Waals surface area contributed by atoms with Gasteiger partial charge in [-0.3, -0.25) is 0 Å². The highest BCUT2D eigenvalue weighted by atomic mass is 15.1. The predicted octanol–water partition coefficient (Wildman–Crippen LogP) is 2.39. The summed E-state index contributed by atoms with van der Waals surface area (Å²) in [4.78, 5) is 0. The van der Waals surface area contributed by atoms with Crippen molar-refractivity contribution in [2.75, 3.05) is 19.6 Å². The van der Waals surface area contributed by atoms with Gasteiger partial charge in [0.15, 0.2) is 0 Å². The van der Waals surface area contributed by atoms with E-state index in [-0.39, 0.29) is 0 Å². The Labute approximate surface area is 121 Å². The van der Waals surface area contributed by atoms with Crippen molar-refractivity contribution in [3.05, 3.63) is 58.9 Å². The largest absolute Gasteiger partial charge is 0.344 e. The lowest BCUT2D eigenvalue weighted by Gasteiger charge is -2.25. The molecule has 0 saturated carbocycles. The van der Waals surface area contributed by atoms with Crippen molar-refractivity contribution >= 4 is 0 Å². The minimum atomic E-state index is 0.444. The van der Waals surface area contributed by atoms with E-state index >= 15 is 0 Å². The van der Waals surface area contributed by atoms with E-state index in [1.807, 2.05) is 0 Å². The fraction of sp³-hybridized carbons (Fsp3) is 0.412. The Kier molecular flexibility index (Phi) is 3.90. The Hall–Kier alpha value is -1.58. The summed E-state index contributed by atoms with van der Waals surface area (Å²) in [6.45, 7) is 8.54. The molecule has 2 aromatic rings. The molecule has 1 fully saturated rings. The molecule has 0 bridgehead atoms. The molecule has 1 saturated heterocycles. The Balaban J connectivity index is 1.86. The summed E-state index contributed by atoms with van der Waals surface area (Å²) in [5.41, 5.74) is 5.52. The van der Waals surface area contributed by atoms with Gasteiger partial charge in [0, 0.05) is 43.6 Å². The molecule has 106 valence electrons. The standard InChI is InChI=1S/C17H23N3/c1-13-10-16(17-11-18-8-9-19-17)14(2)20(13)12-15-6-4-3-5-7-15/h3-7,10,17-19H,8-9,11-12H2,1-2H3/t17-/m0/s1. The van der Waals surface area contributed by atoms with Gasteiger partial charge in [-0.05, 0) is 31.0 Å². The topological polar surface area (TPSA) is 29.0 Å². The average Bonchev–Trinajstić information content (AvgIpc) is 2.77. The smallest absolute Gasteiger partial charge is 0.0475 e. The fourth-order valence-corrected chi connectivity index (χ4v) is 3.06. The van der Waals surface area contributed by atoms with Crippen LogP contribution in [0.2, 0.25) is 0 Å². The van der Waals surface area contributed by atoms with E-state index in [4.69, 9.17) is 0 Å². The van der Waals surface area contributed by atoms with E-state index in [9.17, 15) is 0 Å². The Bertz CT molecular complexity index is 565.